The van der Waals surface area contributed by atoms with Gasteiger partial charge in [0.1, 0.15) is 0 Å². The second-order valence-electron chi connectivity index (χ2n) is 7.28. The summed E-state index contributed by atoms with van der Waals surface area (Å²) in [5.74, 6) is -0.988. The maximum absolute atomic E-state index is 13.0. The van der Waals surface area contributed by atoms with E-state index < -0.39 is 11.7 Å². The molecule has 1 N–H and O–H groups in total. The fraction of sp³-hybridized carbons (Fsp3) is 0.304. The highest BCUT2D eigenvalue weighted by atomic mass is 16.5. The van der Waals surface area contributed by atoms with Gasteiger partial charge in [-0.25, -0.2) is 4.79 Å². The SMILES string of the molecule is COC(=O)[C@@]1(O)C[C@@H](c2ccccc2)C2=C(CCCC2=O)N1c1ccccc1. The lowest BCUT2D eigenvalue weighted by Gasteiger charge is -2.48. The minimum Gasteiger partial charge on any atom is -0.465 e. The molecule has 5 heteroatoms. The van der Waals surface area contributed by atoms with E-state index >= 15 is 0 Å². The zero-order valence-corrected chi connectivity index (χ0v) is 15.8. The molecule has 1 heterocycles. The highest BCUT2D eigenvalue weighted by Crippen LogP contribution is 2.48. The number of ether oxygens (including phenoxy) is 1. The topological polar surface area (TPSA) is 66.8 Å². The van der Waals surface area contributed by atoms with Crippen LogP contribution in [0.1, 0.15) is 37.2 Å². The number of rotatable bonds is 3. The summed E-state index contributed by atoms with van der Waals surface area (Å²) in [6, 6.07) is 18.8. The molecule has 0 bridgehead atoms. The van der Waals surface area contributed by atoms with E-state index in [-0.39, 0.29) is 18.1 Å². The summed E-state index contributed by atoms with van der Waals surface area (Å²) in [7, 11) is 1.27. The van der Waals surface area contributed by atoms with Gasteiger partial charge in [-0.05, 0) is 30.5 Å². The predicted molar refractivity (Wildman–Crippen MR) is 106 cm³/mol. The first-order valence-electron chi connectivity index (χ1n) is 9.53. The molecule has 2 aromatic carbocycles. The van der Waals surface area contributed by atoms with Gasteiger partial charge in [-0.3, -0.25) is 4.79 Å². The molecule has 1 aliphatic heterocycles. The van der Waals surface area contributed by atoms with Crippen LogP contribution >= 0.6 is 0 Å². The van der Waals surface area contributed by atoms with Crippen LogP contribution in [0.5, 0.6) is 0 Å². The number of benzene rings is 2. The number of hydrogen-bond donors (Lipinski definition) is 1. The summed E-state index contributed by atoms with van der Waals surface area (Å²) in [4.78, 5) is 27.4. The zero-order chi connectivity index (χ0) is 19.7. The third kappa shape index (κ3) is 2.92. The second-order valence-corrected chi connectivity index (χ2v) is 7.28. The number of methoxy groups -OCH3 is 1. The van der Waals surface area contributed by atoms with Gasteiger partial charge in [0.05, 0.1) is 7.11 Å². The van der Waals surface area contributed by atoms with Gasteiger partial charge in [0, 0.05) is 35.7 Å². The first-order valence-corrected chi connectivity index (χ1v) is 9.53. The molecule has 0 spiro atoms. The zero-order valence-electron chi connectivity index (χ0n) is 15.8. The fourth-order valence-electron chi connectivity index (χ4n) is 4.43. The number of carbonyl (C=O) groups excluding carboxylic acids is 2. The Labute approximate surface area is 164 Å². The van der Waals surface area contributed by atoms with Crippen molar-refractivity contribution >= 4 is 17.4 Å². The molecule has 0 saturated heterocycles. The Kier molecular flexibility index (Phi) is 4.77. The van der Waals surface area contributed by atoms with Crippen LogP contribution in [0.4, 0.5) is 5.69 Å². The molecule has 2 aromatic rings. The summed E-state index contributed by atoms with van der Waals surface area (Å²) in [6.45, 7) is 0. The number of carbonyl (C=O) groups is 2. The third-order valence-corrected chi connectivity index (χ3v) is 5.63. The Bertz CT molecular complexity index is 922. The van der Waals surface area contributed by atoms with E-state index in [0.717, 1.165) is 11.3 Å². The number of para-hydroxylation sites is 1. The quantitative estimate of drug-likeness (QED) is 0.829. The summed E-state index contributed by atoms with van der Waals surface area (Å²) in [5.41, 5.74) is 1.13. The van der Waals surface area contributed by atoms with Gasteiger partial charge in [0.25, 0.3) is 0 Å². The van der Waals surface area contributed by atoms with Crippen molar-refractivity contribution in [3.8, 4) is 0 Å². The summed E-state index contributed by atoms with van der Waals surface area (Å²) in [5, 5.41) is 11.6. The first-order chi connectivity index (χ1) is 13.6. The van der Waals surface area contributed by atoms with E-state index in [9.17, 15) is 14.7 Å². The van der Waals surface area contributed by atoms with Crippen molar-refractivity contribution in [1.29, 1.82) is 0 Å². The van der Waals surface area contributed by atoms with Gasteiger partial charge >= 0.3 is 5.97 Å². The van der Waals surface area contributed by atoms with Crippen molar-refractivity contribution in [2.45, 2.75) is 37.3 Å². The number of ketones is 1. The molecule has 0 amide bonds. The van der Waals surface area contributed by atoms with E-state index in [1.165, 1.54) is 7.11 Å². The average molecular weight is 377 g/mol. The molecule has 0 saturated carbocycles. The van der Waals surface area contributed by atoms with Gasteiger partial charge in [-0.2, -0.15) is 0 Å². The van der Waals surface area contributed by atoms with Crippen LogP contribution in [-0.4, -0.2) is 29.7 Å². The molecule has 0 radical (unpaired) electrons. The third-order valence-electron chi connectivity index (χ3n) is 5.63. The standard InChI is InChI=1S/C23H23NO4/c1-28-22(26)23(27)15-18(16-9-4-2-5-10-16)21-19(13-8-14-20(21)25)24(23)17-11-6-3-7-12-17/h2-7,9-12,18,27H,8,13-15H2,1H3/t18-,23-/m0/s1. The van der Waals surface area contributed by atoms with Crippen LogP contribution in [0.25, 0.3) is 0 Å². The van der Waals surface area contributed by atoms with E-state index in [1.54, 1.807) is 4.90 Å². The summed E-state index contributed by atoms with van der Waals surface area (Å²) >= 11 is 0. The van der Waals surface area contributed by atoms with Crippen LogP contribution < -0.4 is 4.90 Å². The highest BCUT2D eigenvalue weighted by Gasteiger charge is 2.53. The maximum atomic E-state index is 13.0. The smallest absolute Gasteiger partial charge is 0.359 e. The number of Topliss-reactive ketones (excluding diaryl/α,β-unsaturated/α-hetero) is 1. The lowest BCUT2D eigenvalue weighted by atomic mass is 9.73. The largest absolute Gasteiger partial charge is 0.465 e. The second kappa shape index (κ2) is 7.24. The molecule has 5 nitrogen and oxygen atoms in total. The molecule has 0 aromatic heterocycles. The molecule has 28 heavy (non-hydrogen) atoms. The Morgan fingerprint density at radius 3 is 2.36 bits per heavy atom. The van der Waals surface area contributed by atoms with Crippen molar-refractivity contribution in [1.82, 2.24) is 0 Å². The molecule has 2 aliphatic rings. The van der Waals surface area contributed by atoms with E-state index in [4.69, 9.17) is 4.74 Å². The summed E-state index contributed by atoms with van der Waals surface area (Å²) in [6.07, 6.45) is 1.86. The number of hydrogen-bond acceptors (Lipinski definition) is 5. The Morgan fingerprint density at radius 1 is 1.07 bits per heavy atom. The molecular weight excluding hydrogens is 354 g/mol. The van der Waals surface area contributed by atoms with Crippen molar-refractivity contribution in [2.24, 2.45) is 0 Å². The van der Waals surface area contributed by atoms with Crippen LogP contribution in [0, 0.1) is 0 Å². The van der Waals surface area contributed by atoms with E-state index in [0.29, 0.717) is 30.5 Å². The van der Waals surface area contributed by atoms with Gasteiger partial charge in [-0.1, -0.05) is 48.5 Å². The highest BCUT2D eigenvalue weighted by molar-refractivity contribution is 6.01. The number of esters is 1. The van der Waals surface area contributed by atoms with Gasteiger partial charge in [0.2, 0.25) is 5.72 Å². The molecule has 0 unspecified atom stereocenters. The first kappa shape index (κ1) is 18.4. The molecule has 2 atom stereocenters. The van der Waals surface area contributed by atoms with Gasteiger partial charge in [-0.15, -0.1) is 0 Å². The molecular formula is C23H23NO4. The fourth-order valence-corrected chi connectivity index (χ4v) is 4.43. The lowest BCUT2D eigenvalue weighted by Crippen LogP contribution is -2.59. The van der Waals surface area contributed by atoms with Crippen molar-refractivity contribution in [2.75, 3.05) is 12.0 Å². The van der Waals surface area contributed by atoms with Gasteiger partial charge in [0.15, 0.2) is 5.78 Å². The van der Waals surface area contributed by atoms with Crippen molar-refractivity contribution in [3.63, 3.8) is 0 Å². The number of aliphatic hydroxyl groups is 1. The Hall–Kier alpha value is -2.92. The Balaban J connectivity index is 1.96. The Morgan fingerprint density at radius 2 is 1.71 bits per heavy atom. The van der Waals surface area contributed by atoms with Crippen LogP contribution in [-0.2, 0) is 14.3 Å². The molecule has 4 rings (SSSR count). The number of allylic oxidation sites excluding steroid dienone is 2. The van der Waals surface area contributed by atoms with Gasteiger partial charge < -0.3 is 14.7 Å². The minimum absolute atomic E-state index is 0.0587. The lowest BCUT2D eigenvalue weighted by molar-refractivity contribution is -0.163. The van der Waals surface area contributed by atoms with Crippen LogP contribution in [0.3, 0.4) is 0 Å². The molecule has 144 valence electrons. The average Bonchev–Trinajstić information content (AvgIpc) is 2.74. The van der Waals surface area contributed by atoms with Crippen molar-refractivity contribution < 1.29 is 19.4 Å². The van der Waals surface area contributed by atoms with E-state index in [1.807, 2.05) is 60.7 Å². The molecule has 1 aliphatic carbocycles. The normalized spacial score (nSPS) is 24.7. The number of nitrogens with zero attached hydrogens (tertiary/aromatic N) is 1. The molecule has 0 fully saturated rings. The van der Waals surface area contributed by atoms with E-state index in [2.05, 4.69) is 0 Å². The predicted octanol–water partition coefficient (Wildman–Crippen LogP) is 3.55. The van der Waals surface area contributed by atoms with Crippen LogP contribution in [0.2, 0.25) is 0 Å². The van der Waals surface area contributed by atoms with Crippen molar-refractivity contribution in [3.05, 3.63) is 77.5 Å². The van der Waals surface area contributed by atoms with Crippen LogP contribution in [0.15, 0.2) is 71.9 Å². The summed E-state index contributed by atoms with van der Waals surface area (Å²) < 4.78 is 5.00. The number of anilines is 1. The minimum atomic E-state index is -1.88. The maximum Gasteiger partial charge on any atom is 0.359 e. The monoisotopic (exact) mass is 377 g/mol.